The number of aromatic nitrogens is 3. The van der Waals surface area contributed by atoms with Crippen LogP contribution in [0.3, 0.4) is 0 Å². The number of halogens is 3. The van der Waals surface area contributed by atoms with Crippen LogP contribution in [0, 0.1) is 11.6 Å². The summed E-state index contributed by atoms with van der Waals surface area (Å²) in [5, 5.41) is 7.84. The van der Waals surface area contributed by atoms with E-state index in [1.54, 1.807) is 7.05 Å². The Bertz CT molecular complexity index is 929. The van der Waals surface area contributed by atoms with Gasteiger partial charge in [0.15, 0.2) is 17.3 Å². The van der Waals surface area contributed by atoms with E-state index < -0.39 is 11.6 Å². The molecular weight excluding hydrogens is 394 g/mol. The van der Waals surface area contributed by atoms with Gasteiger partial charge in [0.2, 0.25) is 0 Å². The lowest BCUT2D eigenvalue weighted by molar-refractivity contribution is 0.0779. The molecule has 0 saturated heterocycles. The van der Waals surface area contributed by atoms with E-state index in [1.807, 2.05) is 24.3 Å². The second kappa shape index (κ2) is 7.10. The summed E-state index contributed by atoms with van der Waals surface area (Å²) >= 11 is 3.37. The molecule has 3 rings (SSSR count). The Hall–Kier alpha value is -2.61. The molecule has 0 fully saturated rings. The Morgan fingerprint density at radius 2 is 2.00 bits per heavy atom. The zero-order chi connectivity index (χ0) is 18.0. The highest BCUT2D eigenvalue weighted by atomic mass is 79.9. The molecule has 2 aromatic carbocycles. The van der Waals surface area contributed by atoms with E-state index in [2.05, 4.69) is 26.2 Å². The summed E-state index contributed by atoms with van der Waals surface area (Å²) in [6.07, 6.45) is 1.52. The fourth-order valence-electron chi connectivity index (χ4n) is 2.29. The second-order valence-electron chi connectivity index (χ2n) is 5.44. The highest BCUT2D eigenvalue weighted by molar-refractivity contribution is 9.10. The molecule has 0 aliphatic rings. The highest BCUT2D eigenvalue weighted by Crippen LogP contribution is 2.16. The molecule has 128 valence electrons. The van der Waals surface area contributed by atoms with Gasteiger partial charge in [-0.1, -0.05) is 33.3 Å². The maximum absolute atomic E-state index is 13.3. The van der Waals surface area contributed by atoms with Crippen LogP contribution in [0.25, 0.3) is 5.69 Å². The van der Waals surface area contributed by atoms with Crippen LogP contribution in [0.15, 0.2) is 53.1 Å². The van der Waals surface area contributed by atoms with E-state index in [9.17, 15) is 13.6 Å². The minimum Gasteiger partial charge on any atom is -0.336 e. The third-order valence-electron chi connectivity index (χ3n) is 3.54. The maximum Gasteiger partial charge on any atom is 0.276 e. The van der Waals surface area contributed by atoms with E-state index >= 15 is 0 Å². The van der Waals surface area contributed by atoms with E-state index in [0.29, 0.717) is 5.56 Å². The standard InChI is InChI=1S/C17H13BrF2N4O/c1-23(9-11-5-6-14(19)15(20)7-11)17(25)16-10-24(22-21-16)13-4-2-3-12(18)8-13/h2-8,10H,9H2,1H3. The number of benzene rings is 2. The summed E-state index contributed by atoms with van der Waals surface area (Å²) < 4.78 is 28.6. The number of carbonyl (C=O) groups is 1. The van der Waals surface area contributed by atoms with Crippen LogP contribution >= 0.6 is 15.9 Å². The minimum absolute atomic E-state index is 0.125. The first-order chi connectivity index (χ1) is 11.9. The Morgan fingerprint density at radius 1 is 1.20 bits per heavy atom. The highest BCUT2D eigenvalue weighted by Gasteiger charge is 2.17. The predicted octanol–water partition coefficient (Wildman–Crippen LogP) is 3.58. The molecule has 1 aromatic heterocycles. The molecule has 0 radical (unpaired) electrons. The zero-order valence-corrected chi connectivity index (χ0v) is 14.7. The molecule has 0 saturated carbocycles. The van der Waals surface area contributed by atoms with Crippen molar-refractivity contribution in [3.05, 3.63) is 76.0 Å². The molecule has 8 heteroatoms. The number of amides is 1. The average Bonchev–Trinajstić information content (AvgIpc) is 3.07. The van der Waals surface area contributed by atoms with Gasteiger partial charge in [0, 0.05) is 18.1 Å². The first-order valence-corrected chi connectivity index (χ1v) is 8.11. The van der Waals surface area contributed by atoms with Gasteiger partial charge in [0.05, 0.1) is 11.9 Å². The van der Waals surface area contributed by atoms with E-state index in [4.69, 9.17) is 0 Å². The fraction of sp³-hybridized carbons (Fsp3) is 0.118. The molecule has 5 nitrogen and oxygen atoms in total. The van der Waals surface area contributed by atoms with Crippen LogP contribution < -0.4 is 0 Å². The molecule has 25 heavy (non-hydrogen) atoms. The predicted molar refractivity (Wildman–Crippen MR) is 91.2 cm³/mol. The molecule has 0 spiro atoms. The Morgan fingerprint density at radius 3 is 2.72 bits per heavy atom. The molecule has 1 heterocycles. The second-order valence-corrected chi connectivity index (χ2v) is 6.35. The smallest absolute Gasteiger partial charge is 0.276 e. The van der Waals surface area contributed by atoms with Gasteiger partial charge in [-0.15, -0.1) is 5.10 Å². The van der Waals surface area contributed by atoms with Crippen LogP contribution in [0.2, 0.25) is 0 Å². The lowest BCUT2D eigenvalue weighted by atomic mass is 10.2. The SMILES string of the molecule is CN(Cc1ccc(F)c(F)c1)C(=O)c1cn(-c2cccc(Br)c2)nn1. The normalized spacial score (nSPS) is 10.7. The number of carbonyl (C=O) groups excluding carboxylic acids is 1. The van der Waals surface area contributed by atoms with E-state index in [0.717, 1.165) is 22.3 Å². The van der Waals surface area contributed by atoms with Crippen LogP contribution in [0.5, 0.6) is 0 Å². The molecule has 0 N–H and O–H groups in total. The van der Waals surface area contributed by atoms with Crippen molar-refractivity contribution in [3.63, 3.8) is 0 Å². The largest absolute Gasteiger partial charge is 0.336 e. The third-order valence-corrected chi connectivity index (χ3v) is 4.03. The first kappa shape index (κ1) is 17.2. The van der Waals surface area contributed by atoms with Crippen molar-refractivity contribution in [2.24, 2.45) is 0 Å². The minimum atomic E-state index is -0.945. The van der Waals surface area contributed by atoms with Crippen LogP contribution in [0.4, 0.5) is 8.78 Å². The van der Waals surface area contributed by atoms with Gasteiger partial charge in [0.1, 0.15) is 0 Å². The number of hydrogen-bond acceptors (Lipinski definition) is 3. The number of rotatable bonds is 4. The van der Waals surface area contributed by atoms with Gasteiger partial charge < -0.3 is 4.90 Å². The first-order valence-electron chi connectivity index (χ1n) is 7.32. The maximum atomic E-state index is 13.3. The lowest BCUT2D eigenvalue weighted by Crippen LogP contribution is -2.26. The molecule has 0 aliphatic carbocycles. The Balaban J connectivity index is 1.75. The third kappa shape index (κ3) is 3.90. The molecule has 0 bridgehead atoms. The van der Waals surface area contributed by atoms with Crippen molar-refractivity contribution in [3.8, 4) is 5.69 Å². The van der Waals surface area contributed by atoms with Gasteiger partial charge in [-0.3, -0.25) is 4.79 Å². The molecular formula is C17H13BrF2N4O. The van der Waals surface area contributed by atoms with Gasteiger partial charge in [-0.2, -0.15) is 0 Å². The van der Waals surface area contributed by atoms with Crippen molar-refractivity contribution in [2.45, 2.75) is 6.54 Å². The van der Waals surface area contributed by atoms with Crippen LogP contribution in [-0.4, -0.2) is 32.8 Å². The summed E-state index contributed by atoms with van der Waals surface area (Å²) in [4.78, 5) is 13.8. The number of nitrogens with zero attached hydrogens (tertiary/aromatic N) is 4. The van der Waals surface area contributed by atoms with Crippen molar-refractivity contribution in [1.82, 2.24) is 19.9 Å². The van der Waals surface area contributed by atoms with Crippen molar-refractivity contribution >= 4 is 21.8 Å². The lowest BCUT2D eigenvalue weighted by Gasteiger charge is -2.15. The summed E-state index contributed by atoms with van der Waals surface area (Å²) in [5.74, 6) is -2.24. The van der Waals surface area contributed by atoms with E-state index in [-0.39, 0.29) is 18.1 Å². The number of hydrogen-bond donors (Lipinski definition) is 0. The molecule has 3 aromatic rings. The quantitative estimate of drug-likeness (QED) is 0.665. The van der Waals surface area contributed by atoms with Crippen molar-refractivity contribution in [2.75, 3.05) is 7.05 Å². The molecule has 0 aliphatic heterocycles. The van der Waals surface area contributed by atoms with Crippen LogP contribution in [-0.2, 0) is 6.54 Å². The Labute approximate surface area is 151 Å². The molecule has 0 atom stereocenters. The Kier molecular flexibility index (Phi) is 4.89. The fourth-order valence-corrected chi connectivity index (χ4v) is 2.67. The molecule has 1 amide bonds. The van der Waals surface area contributed by atoms with Gasteiger partial charge in [-0.05, 0) is 35.9 Å². The summed E-state index contributed by atoms with van der Waals surface area (Å²) in [5.41, 5.74) is 1.39. The monoisotopic (exact) mass is 406 g/mol. The summed E-state index contributed by atoms with van der Waals surface area (Å²) in [6, 6.07) is 10.9. The topological polar surface area (TPSA) is 51.0 Å². The van der Waals surface area contributed by atoms with Gasteiger partial charge >= 0.3 is 0 Å². The van der Waals surface area contributed by atoms with Crippen molar-refractivity contribution < 1.29 is 13.6 Å². The summed E-state index contributed by atoms with van der Waals surface area (Å²) in [6.45, 7) is 0.125. The zero-order valence-electron chi connectivity index (χ0n) is 13.2. The van der Waals surface area contributed by atoms with Crippen LogP contribution in [0.1, 0.15) is 16.1 Å². The average molecular weight is 407 g/mol. The van der Waals surface area contributed by atoms with Crippen molar-refractivity contribution in [1.29, 1.82) is 0 Å². The van der Waals surface area contributed by atoms with Gasteiger partial charge in [-0.25, -0.2) is 13.5 Å². The van der Waals surface area contributed by atoms with Gasteiger partial charge in [0.25, 0.3) is 5.91 Å². The van der Waals surface area contributed by atoms with E-state index in [1.165, 1.54) is 21.8 Å². The molecule has 0 unspecified atom stereocenters. The summed E-state index contributed by atoms with van der Waals surface area (Å²) in [7, 11) is 1.56.